The number of sulfonamides is 1. The maximum atomic E-state index is 13.0. The van der Waals surface area contributed by atoms with Crippen molar-refractivity contribution in [2.24, 2.45) is 11.8 Å². The van der Waals surface area contributed by atoms with Gasteiger partial charge in [0.25, 0.3) is 0 Å². The summed E-state index contributed by atoms with van der Waals surface area (Å²) in [6.07, 6.45) is 1.31. The average Bonchev–Trinajstić information content (AvgIpc) is 3.04. The zero-order valence-corrected chi connectivity index (χ0v) is 17.2. The Hall–Kier alpha value is -2.57. The first-order valence-electron chi connectivity index (χ1n) is 9.49. The van der Waals surface area contributed by atoms with Crippen LogP contribution in [0.3, 0.4) is 0 Å². The van der Waals surface area contributed by atoms with Crippen LogP contribution in [0.2, 0.25) is 0 Å². The minimum absolute atomic E-state index is 0.0165. The molecular weight excluding hydrogens is 431 g/mol. The van der Waals surface area contributed by atoms with Gasteiger partial charge in [-0.15, -0.1) is 0 Å². The molecule has 2 heterocycles. The van der Waals surface area contributed by atoms with Crippen LogP contribution >= 0.6 is 0 Å². The number of halogens is 1. The van der Waals surface area contributed by atoms with Gasteiger partial charge in [0, 0.05) is 6.42 Å². The number of hydrogen-bond acceptors (Lipinski definition) is 7. The number of fused-ring (bicyclic) bond motifs is 2. The Balaban J connectivity index is 0.00000132. The zero-order chi connectivity index (χ0) is 22.6. The standard InChI is InChI=1S/C20H20FNO6S.H3NO/c21-14-1-3-15(4-2-14)27-16-5-7-18(8-6-16)29(25,26)22-20-10-9-17(28-20)11-13(12-20)19(23)24;1-2/h1-8,13,17,22H,9-12H2,(H,23,24);2H,1H2. The highest BCUT2D eigenvalue weighted by molar-refractivity contribution is 7.89. The van der Waals surface area contributed by atoms with Crippen molar-refractivity contribution in [1.29, 1.82) is 0 Å². The summed E-state index contributed by atoms with van der Waals surface area (Å²) >= 11 is 0. The number of ether oxygens (including phenoxy) is 2. The lowest BCUT2D eigenvalue weighted by molar-refractivity contribution is -0.156. The molecular formula is C20H23FN2O7S. The summed E-state index contributed by atoms with van der Waals surface area (Å²) in [5, 5.41) is 15.8. The van der Waals surface area contributed by atoms with Gasteiger partial charge in [-0.2, -0.15) is 4.72 Å². The normalized spacial score (nSPS) is 24.7. The van der Waals surface area contributed by atoms with E-state index in [1.807, 2.05) is 0 Å². The molecule has 0 spiro atoms. The molecule has 0 amide bonds. The molecule has 0 aliphatic carbocycles. The Morgan fingerprint density at radius 1 is 1.13 bits per heavy atom. The third kappa shape index (κ3) is 5.38. The lowest BCUT2D eigenvalue weighted by Gasteiger charge is -2.36. The second-order valence-electron chi connectivity index (χ2n) is 7.38. The molecule has 2 aromatic carbocycles. The third-order valence-corrected chi connectivity index (χ3v) is 6.77. The van der Waals surface area contributed by atoms with E-state index in [2.05, 4.69) is 10.6 Å². The smallest absolute Gasteiger partial charge is 0.306 e. The molecule has 2 aliphatic rings. The average molecular weight is 454 g/mol. The summed E-state index contributed by atoms with van der Waals surface area (Å²) in [5.74, 6) is 2.37. The van der Waals surface area contributed by atoms with E-state index in [1.165, 1.54) is 48.5 Å². The van der Waals surface area contributed by atoms with Crippen LogP contribution in [0.15, 0.2) is 53.4 Å². The Kier molecular flexibility index (Phi) is 6.92. The molecule has 0 saturated carbocycles. The maximum absolute atomic E-state index is 13.0. The Morgan fingerprint density at radius 2 is 1.71 bits per heavy atom. The van der Waals surface area contributed by atoms with Gasteiger partial charge in [-0.3, -0.25) is 4.79 Å². The molecule has 31 heavy (non-hydrogen) atoms. The predicted molar refractivity (Wildman–Crippen MR) is 106 cm³/mol. The van der Waals surface area contributed by atoms with Crippen molar-refractivity contribution in [1.82, 2.24) is 4.72 Å². The molecule has 2 aliphatic heterocycles. The van der Waals surface area contributed by atoms with E-state index in [1.54, 1.807) is 0 Å². The number of hydrogen-bond donors (Lipinski definition) is 4. The van der Waals surface area contributed by atoms with Crippen LogP contribution in [0.25, 0.3) is 0 Å². The number of carboxylic acids is 1. The van der Waals surface area contributed by atoms with E-state index >= 15 is 0 Å². The van der Waals surface area contributed by atoms with Crippen molar-refractivity contribution in [3.63, 3.8) is 0 Å². The van der Waals surface area contributed by atoms with Crippen LogP contribution in [0.5, 0.6) is 11.5 Å². The number of rotatable bonds is 6. The molecule has 4 rings (SSSR count). The highest BCUT2D eigenvalue weighted by atomic mass is 32.2. The highest BCUT2D eigenvalue weighted by Gasteiger charge is 2.50. The van der Waals surface area contributed by atoms with Gasteiger partial charge in [-0.1, -0.05) is 0 Å². The summed E-state index contributed by atoms with van der Waals surface area (Å²) in [7, 11) is -3.92. The SMILES string of the molecule is NO.O=C(O)C1CC2CCC(NS(=O)(=O)c3ccc(Oc4ccc(F)cc4)cc3)(C1)O2. The molecule has 3 atom stereocenters. The number of nitrogens with two attached hydrogens (primary N) is 1. The zero-order valence-electron chi connectivity index (χ0n) is 16.4. The topological polar surface area (TPSA) is 148 Å². The van der Waals surface area contributed by atoms with Crippen molar-refractivity contribution in [3.05, 3.63) is 54.3 Å². The lowest BCUT2D eigenvalue weighted by atomic mass is 9.93. The molecule has 0 radical (unpaired) electrons. The van der Waals surface area contributed by atoms with Gasteiger partial charge in [0.15, 0.2) is 0 Å². The van der Waals surface area contributed by atoms with Crippen LogP contribution in [-0.4, -0.2) is 36.5 Å². The summed E-state index contributed by atoms with van der Waals surface area (Å²) in [6.45, 7) is 0. The largest absolute Gasteiger partial charge is 0.481 e. The molecule has 2 aromatic rings. The monoisotopic (exact) mass is 454 g/mol. The van der Waals surface area contributed by atoms with Crippen LogP contribution in [-0.2, 0) is 19.6 Å². The van der Waals surface area contributed by atoms with Crippen LogP contribution in [0, 0.1) is 11.7 Å². The number of benzene rings is 2. The van der Waals surface area contributed by atoms with Gasteiger partial charge >= 0.3 is 5.97 Å². The Labute approximate surface area is 178 Å². The van der Waals surface area contributed by atoms with Crippen molar-refractivity contribution < 1.29 is 37.4 Å². The van der Waals surface area contributed by atoms with Gasteiger partial charge in [0.2, 0.25) is 10.0 Å². The van der Waals surface area contributed by atoms with E-state index in [0.29, 0.717) is 30.8 Å². The third-order valence-electron chi connectivity index (χ3n) is 5.24. The van der Waals surface area contributed by atoms with E-state index in [-0.39, 0.29) is 23.2 Å². The van der Waals surface area contributed by atoms with Gasteiger partial charge in [-0.25, -0.2) is 18.7 Å². The number of carbonyl (C=O) groups is 1. The summed E-state index contributed by atoms with van der Waals surface area (Å²) in [6, 6.07) is 11.2. The molecule has 2 saturated heterocycles. The summed E-state index contributed by atoms with van der Waals surface area (Å²) in [4.78, 5) is 11.4. The van der Waals surface area contributed by atoms with Crippen molar-refractivity contribution in [2.75, 3.05) is 0 Å². The Morgan fingerprint density at radius 3 is 2.29 bits per heavy atom. The van der Waals surface area contributed by atoms with E-state index in [0.717, 1.165) is 0 Å². The molecule has 0 aromatic heterocycles. The van der Waals surface area contributed by atoms with E-state index in [9.17, 15) is 22.7 Å². The minimum atomic E-state index is -3.92. The van der Waals surface area contributed by atoms with Gasteiger partial charge in [0.05, 0.1) is 16.9 Å². The number of carboxylic acid groups (broad SMARTS) is 1. The quantitative estimate of drug-likeness (QED) is 0.487. The van der Waals surface area contributed by atoms with E-state index in [4.69, 9.17) is 14.7 Å². The fourth-order valence-corrected chi connectivity index (χ4v) is 5.22. The van der Waals surface area contributed by atoms with Crippen LogP contribution in [0.1, 0.15) is 25.7 Å². The first-order valence-corrected chi connectivity index (χ1v) is 11.0. The number of nitrogens with one attached hydrogen (secondary N) is 1. The molecule has 5 N–H and O–H groups in total. The minimum Gasteiger partial charge on any atom is -0.481 e. The second-order valence-corrected chi connectivity index (χ2v) is 9.06. The molecule has 2 fully saturated rings. The highest BCUT2D eigenvalue weighted by Crippen LogP contribution is 2.43. The van der Waals surface area contributed by atoms with Crippen molar-refractivity contribution in [3.8, 4) is 11.5 Å². The number of aliphatic carboxylic acids is 1. The second kappa shape index (κ2) is 9.28. The Bertz CT molecular complexity index is 1010. The maximum Gasteiger partial charge on any atom is 0.306 e. The van der Waals surface area contributed by atoms with Crippen molar-refractivity contribution >= 4 is 16.0 Å². The predicted octanol–water partition coefficient (Wildman–Crippen LogP) is 2.60. The summed E-state index contributed by atoms with van der Waals surface area (Å²) < 4.78 is 52.6. The van der Waals surface area contributed by atoms with Gasteiger partial charge in [-0.05, 0) is 67.8 Å². The fraction of sp³-hybridized carbons (Fsp3) is 0.350. The van der Waals surface area contributed by atoms with Crippen LogP contribution in [0.4, 0.5) is 4.39 Å². The molecule has 9 nitrogen and oxygen atoms in total. The molecule has 168 valence electrons. The fourth-order valence-electron chi connectivity index (χ4n) is 3.88. The van der Waals surface area contributed by atoms with Crippen LogP contribution < -0.4 is 15.4 Å². The van der Waals surface area contributed by atoms with Gasteiger partial charge in [0.1, 0.15) is 23.0 Å². The van der Waals surface area contributed by atoms with Gasteiger partial charge < -0.3 is 19.8 Å². The summed E-state index contributed by atoms with van der Waals surface area (Å²) in [5.41, 5.74) is -1.19. The lowest BCUT2D eigenvalue weighted by Crippen LogP contribution is -2.52. The van der Waals surface area contributed by atoms with E-state index < -0.39 is 27.6 Å². The first kappa shape index (κ1) is 23.1. The van der Waals surface area contributed by atoms with Crippen molar-refractivity contribution in [2.45, 2.75) is 42.4 Å². The molecule has 2 bridgehead atoms. The molecule has 3 unspecified atom stereocenters. The molecule has 11 heteroatoms. The first-order chi connectivity index (χ1) is 14.7.